The van der Waals surface area contributed by atoms with Gasteiger partial charge in [0.15, 0.2) is 0 Å². The smallest absolute Gasteiger partial charge is 0.310 e. The summed E-state index contributed by atoms with van der Waals surface area (Å²) in [7, 11) is 0. The Morgan fingerprint density at radius 3 is 2.84 bits per heavy atom. The summed E-state index contributed by atoms with van der Waals surface area (Å²) in [6.07, 6.45) is 0.934. The van der Waals surface area contributed by atoms with Gasteiger partial charge in [-0.25, -0.2) is 0 Å². The number of alkyl halides is 1. The third-order valence-electron chi connectivity index (χ3n) is 6.62. The van der Waals surface area contributed by atoms with Crippen molar-refractivity contribution in [3.63, 3.8) is 0 Å². The Hall–Kier alpha value is -1.29. The molecular formula is C22H26BrClN2O5S. The van der Waals surface area contributed by atoms with Gasteiger partial charge in [0.05, 0.1) is 33.9 Å². The molecular weight excluding hydrogens is 520 g/mol. The molecule has 2 amide bonds. The number of carbonyl (C=O) groups is 3. The van der Waals surface area contributed by atoms with Crippen molar-refractivity contribution in [2.24, 2.45) is 11.8 Å². The van der Waals surface area contributed by atoms with Crippen LogP contribution in [0.1, 0.15) is 25.3 Å². The lowest BCUT2D eigenvalue weighted by molar-refractivity contribution is -0.153. The van der Waals surface area contributed by atoms with Crippen LogP contribution in [-0.2, 0) is 19.1 Å². The molecule has 3 saturated heterocycles. The van der Waals surface area contributed by atoms with Gasteiger partial charge in [-0.3, -0.25) is 14.4 Å². The SMILES string of the molecule is CCOC(=O)[C@H]1[C@@H]2SC3(CC2Br)C(C(=O)Nc2c(C)cccc2Cl)N(CCCO)C(=O)[C@H]13. The Balaban J connectivity index is 1.73. The molecule has 0 aliphatic carbocycles. The Kier molecular flexibility index (Phi) is 6.83. The van der Waals surface area contributed by atoms with Crippen LogP contribution in [-0.4, -0.2) is 68.4 Å². The number of nitrogens with one attached hydrogen (secondary N) is 1. The highest BCUT2D eigenvalue weighted by atomic mass is 79.9. The van der Waals surface area contributed by atoms with Crippen LogP contribution in [0, 0.1) is 18.8 Å². The van der Waals surface area contributed by atoms with E-state index in [9.17, 15) is 19.5 Å². The second-order valence-corrected chi connectivity index (χ2v) is 11.6. The topological polar surface area (TPSA) is 95.9 Å². The molecule has 2 N–H and O–H groups in total. The number of aliphatic hydroxyl groups excluding tert-OH is 1. The highest BCUT2D eigenvalue weighted by molar-refractivity contribution is 9.09. The van der Waals surface area contributed by atoms with Crippen molar-refractivity contribution in [2.45, 2.75) is 47.6 Å². The molecule has 1 aromatic carbocycles. The van der Waals surface area contributed by atoms with Crippen LogP contribution in [0.4, 0.5) is 5.69 Å². The molecule has 0 aromatic heterocycles. The molecule has 1 aromatic rings. The molecule has 2 bridgehead atoms. The summed E-state index contributed by atoms with van der Waals surface area (Å²) in [6.45, 7) is 3.97. The van der Waals surface area contributed by atoms with Crippen LogP contribution in [0.3, 0.4) is 0 Å². The molecule has 0 saturated carbocycles. The number of esters is 1. The number of aryl methyl sites for hydroxylation is 1. The van der Waals surface area contributed by atoms with Gasteiger partial charge in [0.2, 0.25) is 11.8 Å². The summed E-state index contributed by atoms with van der Waals surface area (Å²) in [6, 6.07) is 4.59. The standard InChI is InChI=1S/C22H26BrClN2O5S/c1-3-31-21(30)14-15-20(29)26(8-5-9-27)18(22(15)10-12(23)17(14)32-22)19(28)25-16-11(2)6-4-7-13(16)24/h4,6-7,12,14-15,17-18,27H,3,5,8-10H2,1-2H3,(H,25,28)/t12?,14-,15+,17-,18?,22?/m1/s1. The highest BCUT2D eigenvalue weighted by Crippen LogP contribution is 2.67. The van der Waals surface area contributed by atoms with Crippen LogP contribution in [0.2, 0.25) is 5.02 Å². The summed E-state index contributed by atoms with van der Waals surface area (Å²) in [4.78, 5) is 41.7. The van der Waals surface area contributed by atoms with E-state index in [0.29, 0.717) is 23.6 Å². The predicted molar refractivity (Wildman–Crippen MR) is 127 cm³/mol. The van der Waals surface area contributed by atoms with Gasteiger partial charge in [-0.2, -0.15) is 0 Å². The minimum atomic E-state index is -0.781. The van der Waals surface area contributed by atoms with Crippen molar-refractivity contribution in [1.82, 2.24) is 4.90 Å². The highest BCUT2D eigenvalue weighted by Gasteiger charge is 2.75. The molecule has 3 heterocycles. The lowest BCUT2D eigenvalue weighted by Crippen LogP contribution is -2.52. The van der Waals surface area contributed by atoms with Crippen LogP contribution in [0.25, 0.3) is 0 Å². The molecule has 32 heavy (non-hydrogen) atoms. The first-order valence-electron chi connectivity index (χ1n) is 10.7. The maximum atomic E-state index is 13.7. The number of anilines is 1. The molecule has 0 radical (unpaired) electrons. The average Bonchev–Trinajstić information content (AvgIpc) is 3.33. The number of nitrogens with zero attached hydrogens (tertiary/aromatic N) is 1. The molecule has 6 atom stereocenters. The molecule has 4 rings (SSSR count). The van der Waals surface area contributed by atoms with Crippen LogP contribution in [0.5, 0.6) is 0 Å². The van der Waals surface area contributed by atoms with Gasteiger partial charge >= 0.3 is 5.97 Å². The molecule has 174 valence electrons. The number of amides is 2. The van der Waals surface area contributed by atoms with Gasteiger partial charge in [0.1, 0.15) is 6.04 Å². The first-order valence-corrected chi connectivity index (χ1v) is 12.9. The lowest BCUT2D eigenvalue weighted by atomic mass is 9.71. The van der Waals surface area contributed by atoms with Crippen LogP contribution in [0.15, 0.2) is 18.2 Å². The van der Waals surface area contributed by atoms with Gasteiger partial charge in [0, 0.05) is 23.2 Å². The fraction of sp³-hybridized carbons (Fsp3) is 0.591. The van der Waals surface area contributed by atoms with Crippen molar-refractivity contribution in [3.8, 4) is 0 Å². The van der Waals surface area contributed by atoms with Crippen molar-refractivity contribution in [2.75, 3.05) is 25.1 Å². The number of hydrogen-bond acceptors (Lipinski definition) is 6. The number of thioether (sulfide) groups is 1. The molecule has 7 nitrogen and oxygen atoms in total. The van der Waals surface area contributed by atoms with Crippen LogP contribution < -0.4 is 5.32 Å². The van der Waals surface area contributed by atoms with Crippen molar-refractivity contribution in [1.29, 1.82) is 0 Å². The minimum Gasteiger partial charge on any atom is -0.466 e. The Morgan fingerprint density at radius 1 is 1.44 bits per heavy atom. The number of halogens is 2. The maximum Gasteiger partial charge on any atom is 0.310 e. The van der Waals surface area contributed by atoms with E-state index in [1.54, 1.807) is 29.7 Å². The minimum absolute atomic E-state index is 0.0129. The summed E-state index contributed by atoms with van der Waals surface area (Å²) >= 11 is 11.6. The van der Waals surface area contributed by atoms with Crippen molar-refractivity contribution < 1.29 is 24.2 Å². The van der Waals surface area contributed by atoms with E-state index in [1.807, 2.05) is 19.1 Å². The Morgan fingerprint density at radius 2 is 2.19 bits per heavy atom. The maximum absolute atomic E-state index is 13.7. The zero-order valence-electron chi connectivity index (χ0n) is 17.8. The fourth-order valence-electron chi connectivity index (χ4n) is 5.40. The van der Waals surface area contributed by atoms with Crippen molar-refractivity contribution in [3.05, 3.63) is 28.8 Å². The third-order valence-corrected chi connectivity index (χ3v) is 10.2. The van der Waals surface area contributed by atoms with E-state index in [0.717, 1.165) is 5.56 Å². The first kappa shape index (κ1) is 23.9. The predicted octanol–water partition coefficient (Wildman–Crippen LogP) is 3.00. The molecule has 1 spiro atoms. The number of para-hydroxylation sites is 1. The number of aliphatic hydroxyl groups is 1. The molecule has 3 unspecified atom stereocenters. The second-order valence-electron chi connectivity index (χ2n) is 8.45. The van der Waals surface area contributed by atoms with Gasteiger partial charge in [0.25, 0.3) is 0 Å². The molecule has 3 aliphatic heterocycles. The second kappa shape index (κ2) is 9.16. The summed E-state index contributed by atoms with van der Waals surface area (Å²) < 4.78 is 4.57. The Bertz CT molecular complexity index is 929. The zero-order valence-corrected chi connectivity index (χ0v) is 21.0. The third kappa shape index (κ3) is 3.65. The number of ether oxygens (including phenoxy) is 1. The van der Waals surface area contributed by atoms with E-state index in [2.05, 4.69) is 21.2 Å². The quantitative estimate of drug-likeness (QED) is 0.404. The summed E-state index contributed by atoms with van der Waals surface area (Å²) in [5, 5.41) is 12.6. The normalized spacial score (nSPS) is 32.8. The zero-order chi connectivity index (χ0) is 23.2. The number of carbonyl (C=O) groups excluding carboxylic acids is 3. The number of fused-ring (bicyclic) bond motifs is 1. The van der Waals surface area contributed by atoms with E-state index in [-0.39, 0.29) is 47.6 Å². The molecule has 3 aliphatic rings. The van der Waals surface area contributed by atoms with E-state index < -0.39 is 22.6 Å². The summed E-state index contributed by atoms with van der Waals surface area (Å²) in [5.74, 6) is -2.18. The van der Waals surface area contributed by atoms with E-state index in [4.69, 9.17) is 16.3 Å². The number of benzene rings is 1. The largest absolute Gasteiger partial charge is 0.466 e. The number of rotatable bonds is 7. The monoisotopic (exact) mass is 544 g/mol. The summed E-state index contributed by atoms with van der Waals surface area (Å²) in [5.41, 5.74) is 1.33. The van der Waals surface area contributed by atoms with Gasteiger partial charge in [-0.05, 0) is 38.3 Å². The Labute approximate surface area is 204 Å². The van der Waals surface area contributed by atoms with Gasteiger partial charge < -0.3 is 20.1 Å². The van der Waals surface area contributed by atoms with E-state index >= 15 is 0 Å². The molecule has 3 fully saturated rings. The fourth-order valence-corrected chi connectivity index (χ4v) is 9.27. The average molecular weight is 546 g/mol. The first-order chi connectivity index (χ1) is 15.3. The van der Waals surface area contributed by atoms with Gasteiger partial charge in [-0.1, -0.05) is 39.7 Å². The lowest BCUT2D eigenvalue weighted by Gasteiger charge is -2.35. The van der Waals surface area contributed by atoms with Crippen LogP contribution >= 0.6 is 39.3 Å². The number of hydrogen-bond donors (Lipinski definition) is 2. The molecule has 10 heteroatoms. The van der Waals surface area contributed by atoms with Crippen molar-refractivity contribution >= 4 is 62.8 Å². The van der Waals surface area contributed by atoms with E-state index in [1.165, 1.54) is 0 Å². The van der Waals surface area contributed by atoms with Gasteiger partial charge in [-0.15, -0.1) is 11.8 Å². The number of likely N-dealkylation sites (tertiary alicyclic amines) is 1.